The second-order valence-corrected chi connectivity index (χ2v) is 9.24. The molecule has 5 rings (SSSR count). The van der Waals surface area contributed by atoms with Crippen molar-refractivity contribution < 1.29 is 19.4 Å². The van der Waals surface area contributed by atoms with Gasteiger partial charge in [-0.2, -0.15) is 0 Å². The van der Waals surface area contributed by atoms with Gasteiger partial charge in [0.15, 0.2) is 0 Å². The highest BCUT2D eigenvalue weighted by molar-refractivity contribution is 7.17. The predicted octanol–water partition coefficient (Wildman–Crippen LogP) is 5.50. The lowest BCUT2D eigenvalue weighted by Crippen LogP contribution is -2.08. The van der Waals surface area contributed by atoms with Crippen molar-refractivity contribution in [1.29, 1.82) is 0 Å². The third-order valence-electron chi connectivity index (χ3n) is 6.14. The van der Waals surface area contributed by atoms with Crippen LogP contribution in [0.3, 0.4) is 0 Å². The molecular formula is C27H26N2O4S. The first-order chi connectivity index (χ1) is 16.6. The van der Waals surface area contributed by atoms with E-state index in [1.54, 1.807) is 11.3 Å². The number of nitrogens with zero attached hydrogens (tertiary/aromatic N) is 1. The van der Waals surface area contributed by atoms with E-state index < -0.39 is 5.97 Å². The number of carbonyl (C=O) groups is 1. The summed E-state index contributed by atoms with van der Waals surface area (Å²) in [6.07, 6.45) is 1.65. The molecule has 0 aliphatic carbocycles. The van der Waals surface area contributed by atoms with Gasteiger partial charge in [0.2, 0.25) is 0 Å². The van der Waals surface area contributed by atoms with Crippen molar-refractivity contribution in [3.63, 3.8) is 0 Å². The number of thiophene rings is 1. The van der Waals surface area contributed by atoms with Crippen LogP contribution in [0.1, 0.15) is 34.7 Å². The predicted molar refractivity (Wildman–Crippen MR) is 135 cm³/mol. The van der Waals surface area contributed by atoms with Gasteiger partial charge in [-0.3, -0.25) is 4.79 Å². The lowest BCUT2D eigenvalue weighted by Gasteiger charge is -2.16. The van der Waals surface area contributed by atoms with Crippen molar-refractivity contribution in [2.45, 2.75) is 25.2 Å². The third kappa shape index (κ3) is 4.70. The Hall–Kier alpha value is -3.58. The van der Waals surface area contributed by atoms with Gasteiger partial charge in [-0.25, -0.2) is 4.98 Å². The molecule has 7 heteroatoms. The first-order valence-corrected chi connectivity index (χ1v) is 12.2. The van der Waals surface area contributed by atoms with Crippen LogP contribution in [0.2, 0.25) is 0 Å². The Kier molecular flexibility index (Phi) is 6.36. The Bertz CT molecular complexity index is 1330. The number of hydrogen-bond donors (Lipinski definition) is 2. The number of anilines is 1. The van der Waals surface area contributed by atoms with Crippen LogP contribution in [-0.2, 0) is 17.6 Å². The van der Waals surface area contributed by atoms with Gasteiger partial charge in [-0.05, 0) is 63.9 Å². The summed E-state index contributed by atoms with van der Waals surface area (Å²) in [5.41, 5.74) is 4.16. The highest BCUT2D eigenvalue weighted by Crippen LogP contribution is 2.40. The zero-order valence-electron chi connectivity index (χ0n) is 18.9. The number of pyridine rings is 1. The molecule has 1 aliphatic rings. The second kappa shape index (κ2) is 9.73. The van der Waals surface area contributed by atoms with Gasteiger partial charge in [0.25, 0.3) is 0 Å². The number of carboxylic acid groups (broad SMARTS) is 1. The monoisotopic (exact) mass is 474 g/mol. The maximum Gasteiger partial charge on any atom is 0.304 e. The number of hydrogen-bond acceptors (Lipinski definition) is 6. The van der Waals surface area contributed by atoms with Crippen molar-refractivity contribution in [2.24, 2.45) is 0 Å². The Labute approximate surface area is 202 Å². The molecule has 0 saturated heterocycles. The van der Waals surface area contributed by atoms with E-state index in [-0.39, 0.29) is 12.3 Å². The Morgan fingerprint density at radius 2 is 2.15 bits per heavy atom. The van der Waals surface area contributed by atoms with Crippen molar-refractivity contribution in [3.8, 4) is 11.5 Å². The first-order valence-electron chi connectivity index (χ1n) is 11.4. The van der Waals surface area contributed by atoms with Crippen LogP contribution in [0, 0.1) is 0 Å². The van der Waals surface area contributed by atoms with Crippen LogP contribution in [0.15, 0.2) is 60.0 Å². The Morgan fingerprint density at radius 3 is 3.00 bits per heavy atom. The molecular weight excluding hydrogens is 448 g/mol. The molecule has 1 aliphatic heterocycles. The Balaban J connectivity index is 1.35. The normalized spacial score (nSPS) is 13.3. The molecule has 0 bridgehead atoms. The summed E-state index contributed by atoms with van der Waals surface area (Å²) in [5, 5.41) is 15.8. The fraction of sp³-hybridized carbons (Fsp3) is 0.259. The summed E-state index contributed by atoms with van der Waals surface area (Å²) in [5.74, 6) is 1.46. The average Bonchev–Trinajstić information content (AvgIpc) is 3.49. The highest BCUT2D eigenvalue weighted by atomic mass is 32.1. The summed E-state index contributed by atoms with van der Waals surface area (Å²) in [6, 6.07) is 18.0. The molecule has 2 aromatic heterocycles. The van der Waals surface area contributed by atoms with Crippen LogP contribution in [-0.4, -0.2) is 36.3 Å². The summed E-state index contributed by atoms with van der Waals surface area (Å²) < 4.78 is 12.8. The number of aliphatic carboxylic acids is 1. The van der Waals surface area contributed by atoms with Crippen molar-refractivity contribution in [2.75, 3.05) is 25.6 Å². The van der Waals surface area contributed by atoms with Gasteiger partial charge in [-0.15, -0.1) is 11.3 Å². The minimum absolute atomic E-state index is 0.0293. The van der Waals surface area contributed by atoms with Crippen LogP contribution in [0.4, 0.5) is 5.82 Å². The molecule has 1 atom stereocenters. The highest BCUT2D eigenvalue weighted by Gasteiger charge is 2.23. The molecule has 1 unspecified atom stereocenters. The summed E-state index contributed by atoms with van der Waals surface area (Å²) >= 11 is 1.61. The fourth-order valence-electron chi connectivity index (χ4n) is 4.40. The molecule has 0 saturated carbocycles. The molecule has 0 spiro atoms. The molecule has 174 valence electrons. The van der Waals surface area contributed by atoms with Gasteiger partial charge < -0.3 is 19.9 Å². The van der Waals surface area contributed by atoms with E-state index in [4.69, 9.17) is 9.47 Å². The van der Waals surface area contributed by atoms with Crippen LogP contribution in [0.25, 0.3) is 10.1 Å². The molecule has 0 radical (unpaired) electrons. The lowest BCUT2D eigenvalue weighted by atomic mass is 9.87. The quantitative estimate of drug-likeness (QED) is 0.333. The number of fused-ring (bicyclic) bond motifs is 2. The topological polar surface area (TPSA) is 80.7 Å². The van der Waals surface area contributed by atoms with Crippen LogP contribution < -0.4 is 14.8 Å². The van der Waals surface area contributed by atoms with E-state index in [1.165, 1.54) is 5.56 Å². The van der Waals surface area contributed by atoms with E-state index in [2.05, 4.69) is 21.7 Å². The van der Waals surface area contributed by atoms with Crippen LogP contribution in [0.5, 0.6) is 11.5 Å². The lowest BCUT2D eigenvalue weighted by molar-refractivity contribution is -0.137. The number of carboxylic acids is 1. The van der Waals surface area contributed by atoms with E-state index in [0.29, 0.717) is 19.6 Å². The minimum Gasteiger partial charge on any atom is -0.493 e. The fourth-order valence-corrected chi connectivity index (χ4v) is 5.44. The average molecular weight is 475 g/mol. The summed E-state index contributed by atoms with van der Waals surface area (Å²) in [7, 11) is 1.85. The molecule has 3 heterocycles. The van der Waals surface area contributed by atoms with E-state index in [1.807, 2.05) is 55.6 Å². The van der Waals surface area contributed by atoms with Gasteiger partial charge >= 0.3 is 5.97 Å². The standard InChI is InChI=1S/C27H26N2O4S/c1-28-26-4-2-3-19(29-26)10-12-32-20-7-8-21-23(16-34-25(21)14-20)22(15-27(30)31)18-6-5-17-9-11-33-24(17)13-18/h2-8,13-14,16,22H,9-12,15H2,1H3,(H,28,29)(H,30,31). The SMILES string of the molecule is CNc1cccc(CCOc2ccc3c(C(CC(=O)O)c4ccc5c(c4)OCC5)csc3c2)n1. The molecule has 2 N–H and O–H groups in total. The summed E-state index contributed by atoms with van der Waals surface area (Å²) in [6.45, 7) is 1.21. The molecule has 34 heavy (non-hydrogen) atoms. The summed E-state index contributed by atoms with van der Waals surface area (Å²) in [4.78, 5) is 16.2. The van der Waals surface area contributed by atoms with Crippen molar-refractivity contribution in [1.82, 2.24) is 4.98 Å². The number of aromatic nitrogens is 1. The molecule has 0 amide bonds. The molecule has 4 aromatic rings. The van der Waals surface area contributed by atoms with Crippen molar-refractivity contribution in [3.05, 3.63) is 82.4 Å². The maximum atomic E-state index is 11.7. The zero-order valence-corrected chi connectivity index (χ0v) is 19.7. The van der Waals surface area contributed by atoms with Crippen LogP contribution >= 0.6 is 11.3 Å². The molecule has 0 fully saturated rings. The van der Waals surface area contributed by atoms with Crippen molar-refractivity contribution >= 4 is 33.2 Å². The van der Waals surface area contributed by atoms with Gasteiger partial charge in [0.05, 0.1) is 19.6 Å². The molecule has 2 aromatic carbocycles. The Morgan fingerprint density at radius 1 is 1.24 bits per heavy atom. The zero-order chi connectivity index (χ0) is 23.5. The molecule has 6 nitrogen and oxygen atoms in total. The number of nitrogens with one attached hydrogen (secondary N) is 1. The first kappa shape index (κ1) is 22.2. The van der Waals surface area contributed by atoms with Gasteiger partial charge in [-0.1, -0.05) is 18.2 Å². The van der Waals surface area contributed by atoms with E-state index >= 15 is 0 Å². The van der Waals surface area contributed by atoms with Gasteiger partial charge in [0, 0.05) is 36.2 Å². The maximum absolute atomic E-state index is 11.7. The largest absolute Gasteiger partial charge is 0.493 e. The number of ether oxygens (including phenoxy) is 2. The number of rotatable bonds is 9. The number of benzene rings is 2. The van der Waals surface area contributed by atoms with Gasteiger partial charge in [0.1, 0.15) is 17.3 Å². The van der Waals surface area contributed by atoms with E-state index in [9.17, 15) is 9.90 Å². The third-order valence-corrected chi connectivity index (χ3v) is 7.11. The second-order valence-electron chi connectivity index (χ2n) is 8.33. The minimum atomic E-state index is -0.818. The smallest absolute Gasteiger partial charge is 0.304 e. The van der Waals surface area contributed by atoms with E-state index in [0.717, 1.165) is 50.6 Å².